The number of carbonyl (C=O) groups is 1. The number of hydrogen-bond donors (Lipinski definition) is 1. The van der Waals surface area contributed by atoms with Gasteiger partial charge in [-0.15, -0.1) is 0 Å². The van der Waals surface area contributed by atoms with Gasteiger partial charge in [-0.25, -0.2) is 9.18 Å². The molecule has 26 heavy (non-hydrogen) atoms. The molecule has 0 spiro atoms. The largest absolute Gasteiger partial charge is 0.457 e. The average molecular weight is 362 g/mol. The number of nitro benzene ring substituents is 1. The number of ether oxygens (including phenoxy) is 2. The molecule has 0 atom stereocenters. The summed E-state index contributed by atoms with van der Waals surface area (Å²) in [5.41, 5.74) is -0.0384. The second kappa shape index (κ2) is 7.38. The van der Waals surface area contributed by atoms with Gasteiger partial charge >= 0.3 is 6.09 Å². The molecule has 7 nitrogen and oxygen atoms in total. The van der Waals surface area contributed by atoms with Crippen LogP contribution in [0.3, 0.4) is 0 Å². The lowest BCUT2D eigenvalue weighted by Crippen LogP contribution is -2.42. The van der Waals surface area contributed by atoms with Crippen molar-refractivity contribution in [2.24, 2.45) is 0 Å². The minimum absolute atomic E-state index is 0.0605. The van der Waals surface area contributed by atoms with Crippen LogP contribution >= 0.6 is 0 Å². The van der Waals surface area contributed by atoms with Crippen LogP contribution in [0, 0.1) is 22.9 Å². The molecule has 8 heteroatoms. The summed E-state index contributed by atoms with van der Waals surface area (Å²) in [6, 6.07) is 7.87. The van der Waals surface area contributed by atoms with Gasteiger partial charge in [0.2, 0.25) is 0 Å². The minimum Gasteiger partial charge on any atom is -0.457 e. The maximum absolute atomic E-state index is 14.1. The van der Waals surface area contributed by atoms with E-state index in [4.69, 9.17) is 9.47 Å². The van der Waals surface area contributed by atoms with Crippen LogP contribution in [0.2, 0.25) is 0 Å². The van der Waals surface area contributed by atoms with E-state index in [1.54, 1.807) is 27.7 Å². The third-order valence-corrected chi connectivity index (χ3v) is 3.18. The Bertz CT molecular complexity index is 846. The fraction of sp³-hybridized carbons (Fsp3) is 0.278. The van der Waals surface area contributed by atoms with Crippen molar-refractivity contribution in [3.63, 3.8) is 0 Å². The summed E-state index contributed by atoms with van der Waals surface area (Å²) >= 11 is 0. The number of nitro groups is 1. The van der Waals surface area contributed by atoms with E-state index >= 15 is 0 Å². The van der Waals surface area contributed by atoms with Crippen molar-refractivity contribution < 1.29 is 23.6 Å². The highest BCUT2D eigenvalue weighted by molar-refractivity contribution is 5.71. The van der Waals surface area contributed by atoms with Crippen molar-refractivity contribution in [2.45, 2.75) is 33.2 Å². The number of nitrogens with zero attached hydrogens (tertiary/aromatic N) is 1. The highest BCUT2D eigenvalue weighted by atomic mass is 19.1. The Morgan fingerprint density at radius 2 is 1.81 bits per heavy atom. The van der Waals surface area contributed by atoms with Gasteiger partial charge in [0.15, 0.2) is 11.6 Å². The lowest BCUT2D eigenvalue weighted by atomic mass is 10.1. The third-order valence-electron chi connectivity index (χ3n) is 3.18. The van der Waals surface area contributed by atoms with E-state index in [-0.39, 0.29) is 17.2 Å². The van der Waals surface area contributed by atoms with Gasteiger partial charge in [0.1, 0.15) is 11.5 Å². The molecule has 0 aliphatic rings. The van der Waals surface area contributed by atoms with E-state index < -0.39 is 22.4 Å². The molecular weight excluding hydrogens is 343 g/mol. The molecule has 0 saturated carbocycles. The van der Waals surface area contributed by atoms with Crippen LogP contribution in [0.25, 0.3) is 0 Å². The average Bonchev–Trinajstić information content (AvgIpc) is 2.50. The molecule has 0 aliphatic carbocycles. The summed E-state index contributed by atoms with van der Waals surface area (Å²) in [7, 11) is 0. The molecular formula is C18H19FN2O5. The summed E-state index contributed by atoms with van der Waals surface area (Å²) in [6.45, 7) is 6.96. The molecule has 0 radical (unpaired) electrons. The number of benzene rings is 2. The van der Waals surface area contributed by atoms with Gasteiger partial charge in [0, 0.05) is 23.7 Å². The Labute approximate surface area is 149 Å². The van der Waals surface area contributed by atoms with E-state index in [0.29, 0.717) is 11.3 Å². The van der Waals surface area contributed by atoms with Crippen molar-refractivity contribution in [1.82, 2.24) is 5.32 Å². The molecule has 0 heterocycles. The monoisotopic (exact) mass is 362 g/mol. The first-order valence-corrected chi connectivity index (χ1v) is 7.77. The first-order chi connectivity index (χ1) is 12.0. The molecule has 1 N–H and O–H groups in total. The smallest absolute Gasteiger partial charge is 0.413 e. The maximum atomic E-state index is 14.1. The zero-order chi connectivity index (χ0) is 19.5. The number of halogens is 1. The minimum atomic E-state index is -0.772. The van der Waals surface area contributed by atoms with E-state index in [0.717, 1.165) is 6.07 Å². The van der Waals surface area contributed by atoms with Crippen molar-refractivity contribution in [3.8, 4) is 17.2 Å². The van der Waals surface area contributed by atoms with Crippen LogP contribution in [0.15, 0.2) is 36.4 Å². The second-order valence-corrected chi connectivity index (χ2v) is 6.67. The van der Waals surface area contributed by atoms with E-state index in [9.17, 15) is 19.3 Å². The first kappa shape index (κ1) is 19.2. The Morgan fingerprint density at radius 3 is 2.35 bits per heavy atom. The molecule has 0 aliphatic heterocycles. The summed E-state index contributed by atoms with van der Waals surface area (Å²) in [4.78, 5) is 21.9. The normalized spacial score (nSPS) is 11.0. The zero-order valence-electron chi connectivity index (χ0n) is 14.8. The van der Waals surface area contributed by atoms with Crippen molar-refractivity contribution in [1.29, 1.82) is 0 Å². The molecule has 0 unspecified atom stereocenters. The van der Waals surface area contributed by atoms with Crippen molar-refractivity contribution in [2.75, 3.05) is 0 Å². The molecule has 0 fully saturated rings. The fourth-order valence-electron chi connectivity index (χ4n) is 2.05. The van der Waals surface area contributed by atoms with Crippen LogP contribution < -0.4 is 14.8 Å². The Balaban J connectivity index is 2.12. The molecule has 2 aromatic rings. The van der Waals surface area contributed by atoms with Crippen molar-refractivity contribution >= 4 is 11.8 Å². The molecule has 0 aromatic heterocycles. The van der Waals surface area contributed by atoms with Crippen molar-refractivity contribution in [3.05, 3.63) is 57.9 Å². The Morgan fingerprint density at radius 1 is 1.15 bits per heavy atom. The predicted octanol–water partition coefficient (Wildman–Crippen LogP) is 4.72. The number of hydrogen-bond acceptors (Lipinski definition) is 5. The lowest BCUT2D eigenvalue weighted by Gasteiger charge is -2.20. The van der Waals surface area contributed by atoms with Gasteiger partial charge in [-0.2, -0.15) is 0 Å². The SMILES string of the molecule is Cc1cc([N+](=O)[O-])ccc1Oc1ccc(OC(=O)NC(C)(C)C)c(F)c1. The summed E-state index contributed by atoms with van der Waals surface area (Å²) in [6.07, 6.45) is -0.767. The molecule has 0 saturated heterocycles. The number of carbonyl (C=O) groups excluding carboxylic acids is 1. The predicted molar refractivity (Wildman–Crippen MR) is 93.2 cm³/mol. The standard InChI is InChI=1S/C18H19FN2O5/c1-11-9-12(21(23)24)5-7-15(11)25-13-6-8-16(14(19)10-13)26-17(22)20-18(2,3)4/h5-10H,1-4H3,(H,20,22). The van der Waals surface area contributed by atoms with Gasteiger partial charge in [-0.1, -0.05) is 0 Å². The summed E-state index contributed by atoms with van der Waals surface area (Å²) < 4.78 is 24.6. The van der Waals surface area contributed by atoms with Crippen LogP contribution in [-0.2, 0) is 0 Å². The second-order valence-electron chi connectivity index (χ2n) is 6.67. The van der Waals surface area contributed by atoms with Crippen LogP contribution in [0.4, 0.5) is 14.9 Å². The fourth-order valence-corrected chi connectivity index (χ4v) is 2.05. The number of aryl methyl sites for hydroxylation is 1. The molecule has 1 amide bonds. The van der Waals surface area contributed by atoms with Crippen LogP contribution in [-0.4, -0.2) is 16.6 Å². The van der Waals surface area contributed by atoms with Gasteiger partial charge in [-0.3, -0.25) is 10.1 Å². The zero-order valence-corrected chi connectivity index (χ0v) is 14.8. The molecule has 2 aromatic carbocycles. The summed E-state index contributed by atoms with van der Waals surface area (Å²) in [5, 5.41) is 13.3. The number of nitrogens with one attached hydrogen (secondary N) is 1. The first-order valence-electron chi connectivity index (χ1n) is 7.77. The van der Waals surface area contributed by atoms with Gasteiger partial charge in [0.25, 0.3) is 5.69 Å². The maximum Gasteiger partial charge on any atom is 0.413 e. The third kappa shape index (κ3) is 5.17. The van der Waals surface area contributed by atoms with Gasteiger partial charge < -0.3 is 14.8 Å². The molecule has 2 rings (SSSR count). The number of non-ortho nitro benzene ring substituents is 1. The topological polar surface area (TPSA) is 90.7 Å². The highest BCUT2D eigenvalue weighted by Crippen LogP contribution is 2.30. The highest BCUT2D eigenvalue weighted by Gasteiger charge is 2.17. The quantitative estimate of drug-likeness (QED) is 0.628. The number of amides is 1. The van der Waals surface area contributed by atoms with E-state index in [2.05, 4.69) is 5.32 Å². The lowest BCUT2D eigenvalue weighted by molar-refractivity contribution is -0.384. The van der Waals surface area contributed by atoms with E-state index in [1.807, 2.05) is 0 Å². The molecule has 138 valence electrons. The molecule has 0 bridgehead atoms. The Hall–Kier alpha value is -3.16. The van der Waals surface area contributed by atoms with Gasteiger partial charge in [0.05, 0.1) is 4.92 Å². The van der Waals surface area contributed by atoms with E-state index in [1.165, 1.54) is 30.3 Å². The number of rotatable bonds is 4. The van der Waals surface area contributed by atoms with Crippen LogP contribution in [0.1, 0.15) is 26.3 Å². The van der Waals surface area contributed by atoms with Crippen LogP contribution in [0.5, 0.6) is 17.2 Å². The summed E-state index contributed by atoms with van der Waals surface area (Å²) in [5.74, 6) is -0.483. The Kier molecular flexibility index (Phi) is 5.44. The van der Waals surface area contributed by atoms with Gasteiger partial charge in [-0.05, 0) is 51.5 Å².